The summed E-state index contributed by atoms with van der Waals surface area (Å²) in [5, 5.41) is 3.47. The van der Waals surface area contributed by atoms with E-state index >= 15 is 0 Å². The van der Waals surface area contributed by atoms with Gasteiger partial charge in [0.15, 0.2) is 0 Å². The average molecular weight is 256 g/mol. The monoisotopic (exact) mass is 256 g/mol. The highest BCUT2D eigenvalue weighted by molar-refractivity contribution is 5.57. The zero-order chi connectivity index (χ0) is 13.5. The van der Waals surface area contributed by atoms with E-state index in [1.165, 1.54) is 0 Å². The summed E-state index contributed by atoms with van der Waals surface area (Å²) in [6.07, 6.45) is 4.67. The molecule has 2 rings (SSSR count). The summed E-state index contributed by atoms with van der Waals surface area (Å²) in [5.41, 5.74) is 2.18. The number of hydrogen-bond donors (Lipinski definition) is 1. The van der Waals surface area contributed by atoms with Crippen LogP contribution in [0.1, 0.15) is 31.9 Å². The van der Waals surface area contributed by atoms with Gasteiger partial charge >= 0.3 is 0 Å². The molecule has 0 aliphatic carbocycles. The predicted octanol–water partition coefficient (Wildman–Crippen LogP) is 4.04. The van der Waals surface area contributed by atoms with Crippen molar-refractivity contribution >= 4 is 5.69 Å². The van der Waals surface area contributed by atoms with Gasteiger partial charge in [0.25, 0.3) is 0 Å². The molecule has 3 heteroatoms. The number of para-hydroxylation sites is 2. The minimum Gasteiger partial charge on any atom is -0.491 e. The lowest BCUT2D eigenvalue weighted by atomic mass is 10.1. The molecular formula is C16H20N2O. The summed E-state index contributed by atoms with van der Waals surface area (Å²) < 4.78 is 5.74. The van der Waals surface area contributed by atoms with Crippen molar-refractivity contribution in [3.8, 4) is 5.75 Å². The number of ether oxygens (including phenoxy) is 1. The van der Waals surface area contributed by atoms with E-state index in [2.05, 4.69) is 30.2 Å². The maximum Gasteiger partial charge on any atom is 0.142 e. The molecule has 0 saturated heterocycles. The molecule has 1 heterocycles. The predicted molar refractivity (Wildman–Crippen MR) is 78.5 cm³/mol. The average Bonchev–Trinajstić information content (AvgIpc) is 2.47. The minimum atomic E-state index is 0.195. The molecule has 1 aromatic heterocycles. The van der Waals surface area contributed by atoms with E-state index in [0.29, 0.717) is 0 Å². The molecule has 0 aliphatic heterocycles. The normalized spacial score (nSPS) is 11.9. The molecule has 0 saturated carbocycles. The van der Waals surface area contributed by atoms with Crippen LogP contribution >= 0.6 is 0 Å². The Balaban J connectivity index is 2.10. The van der Waals surface area contributed by atoms with Gasteiger partial charge in [-0.05, 0) is 37.1 Å². The van der Waals surface area contributed by atoms with Crippen molar-refractivity contribution in [2.45, 2.75) is 26.3 Å². The van der Waals surface area contributed by atoms with Crippen molar-refractivity contribution in [3.63, 3.8) is 0 Å². The lowest BCUT2D eigenvalue weighted by Gasteiger charge is -2.18. The van der Waals surface area contributed by atoms with Gasteiger partial charge in [0.2, 0.25) is 0 Å². The van der Waals surface area contributed by atoms with Crippen molar-refractivity contribution < 1.29 is 4.74 Å². The zero-order valence-corrected chi connectivity index (χ0v) is 11.5. The molecule has 0 radical (unpaired) electrons. The van der Waals surface area contributed by atoms with Crippen LogP contribution in [0, 0.1) is 0 Å². The summed E-state index contributed by atoms with van der Waals surface area (Å²) >= 11 is 0. The first-order valence-electron chi connectivity index (χ1n) is 6.69. The fourth-order valence-electron chi connectivity index (χ4n) is 1.87. The minimum absolute atomic E-state index is 0.195. The van der Waals surface area contributed by atoms with Gasteiger partial charge in [-0.1, -0.05) is 25.1 Å². The largest absolute Gasteiger partial charge is 0.491 e. The van der Waals surface area contributed by atoms with Crippen LogP contribution in [-0.4, -0.2) is 11.6 Å². The van der Waals surface area contributed by atoms with Crippen molar-refractivity contribution in [1.29, 1.82) is 0 Å². The highest BCUT2D eigenvalue weighted by Crippen LogP contribution is 2.27. The van der Waals surface area contributed by atoms with Crippen LogP contribution in [0.5, 0.6) is 5.75 Å². The molecule has 2 aromatic rings. The maximum absolute atomic E-state index is 5.74. The molecule has 1 unspecified atom stereocenters. The van der Waals surface area contributed by atoms with E-state index < -0.39 is 0 Å². The SMILES string of the molecule is CCCOc1ccccc1NC(C)c1cccnc1. The molecule has 0 aliphatic rings. The Hall–Kier alpha value is -2.03. The van der Waals surface area contributed by atoms with E-state index in [1.807, 2.05) is 36.5 Å². The molecular weight excluding hydrogens is 236 g/mol. The van der Waals surface area contributed by atoms with Gasteiger partial charge in [-0.15, -0.1) is 0 Å². The summed E-state index contributed by atoms with van der Waals surface area (Å²) in [6.45, 7) is 4.96. The van der Waals surface area contributed by atoms with Crippen molar-refractivity contribution in [3.05, 3.63) is 54.4 Å². The van der Waals surface area contributed by atoms with Crippen LogP contribution < -0.4 is 10.1 Å². The number of anilines is 1. The van der Waals surface area contributed by atoms with Crippen molar-refractivity contribution in [2.75, 3.05) is 11.9 Å². The molecule has 1 aromatic carbocycles. The van der Waals surface area contributed by atoms with Crippen molar-refractivity contribution in [1.82, 2.24) is 4.98 Å². The van der Waals surface area contributed by atoms with Crippen LogP contribution in [0.25, 0.3) is 0 Å². The van der Waals surface area contributed by atoms with E-state index in [4.69, 9.17) is 4.74 Å². The molecule has 1 atom stereocenters. The standard InChI is InChI=1S/C16H20N2O/c1-3-11-19-16-9-5-4-8-15(16)18-13(2)14-7-6-10-17-12-14/h4-10,12-13,18H,3,11H2,1-2H3. The second-order valence-electron chi connectivity index (χ2n) is 4.50. The molecule has 0 bridgehead atoms. The number of benzene rings is 1. The molecule has 3 nitrogen and oxygen atoms in total. The summed E-state index contributed by atoms with van der Waals surface area (Å²) in [7, 11) is 0. The maximum atomic E-state index is 5.74. The second-order valence-corrected chi connectivity index (χ2v) is 4.50. The lowest BCUT2D eigenvalue weighted by Crippen LogP contribution is -2.08. The number of aromatic nitrogens is 1. The lowest BCUT2D eigenvalue weighted by molar-refractivity contribution is 0.318. The number of nitrogens with one attached hydrogen (secondary N) is 1. The Labute approximate surface area is 114 Å². The molecule has 0 amide bonds. The second kappa shape index (κ2) is 6.78. The van der Waals surface area contributed by atoms with Crippen LogP contribution in [0.3, 0.4) is 0 Å². The number of nitrogens with zero attached hydrogens (tertiary/aromatic N) is 1. The van der Waals surface area contributed by atoms with Gasteiger partial charge in [-0.25, -0.2) is 0 Å². The summed E-state index contributed by atoms with van der Waals surface area (Å²) in [6, 6.07) is 12.3. The highest BCUT2D eigenvalue weighted by atomic mass is 16.5. The summed E-state index contributed by atoms with van der Waals surface area (Å²) in [5.74, 6) is 0.903. The third-order valence-electron chi connectivity index (χ3n) is 2.91. The molecule has 100 valence electrons. The van der Waals surface area contributed by atoms with E-state index in [1.54, 1.807) is 6.20 Å². The van der Waals surface area contributed by atoms with Crippen LogP contribution in [0.4, 0.5) is 5.69 Å². The first-order valence-corrected chi connectivity index (χ1v) is 6.69. The van der Waals surface area contributed by atoms with Crippen LogP contribution in [0.15, 0.2) is 48.8 Å². The third kappa shape index (κ3) is 3.71. The molecule has 0 fully saturated rings. The quantitative estimate of drug-likeness (QED) is 0.846. The van der Waals surface area contributed by atoms with E-state index in [-0.39, 0.29) is 6.04 Å². The van der Waals surface area contributed by atoms with Gasteiger partial charge in [0, 0.05) is 12.4 Å². The fraction of sp³-hybridized carbons (Fsp3) is 0.312. The van der Waals surface area contributed by atoms with Gasteiger partial charge < -0.3 is 10.1 Å². The van der Waals surface area contributed by atoms with Crippen molar-refractivity contribution in [2.24, 2.45) is 0 Å². The Bertz CT molecular complexity index is 499. The Morgan fingerprint density at radius 3 is 2.79 bits per heavy atom. The number of hydrogen-bond acceptors (Lipinski definition) is 3. The topological polar surface area (TPSA) is 34.1 Å². The smallest absolute Gasteiger partial charge is 0.142 e. The summed E-state index contributed by atoms with van der Waals surface area (Å²) in [4.78, 5) is 4.15. The molecule has 0 spiro atoms. The zero-order valence-electron chi connectivity index (χ0n) is 11.5. The highest BCUT2D eigenvalue weighted by Gasteiger charge is 2.08. The van der Waals surface area contributed by atoms with Gasteiger partial charge in [0.05, 0.1) is 18.3 Å². The fourth-order valence-corrected chi connectivity index (χ4v) is 1.87. The molecule has 1 N–H and O–H groups in total. The van der Waals surface area contributed by atoms with Crippen LogP contribution in [0.2, 0.25) is 0 Å². The Morgan fingerprint density at radius 2 is 2.05 bits per heavy atom. The van der Waals surface area contributed by atoms with E-state index in [0.717, 1.165) is 30.0 Å². The van der Waals surface area contributed by atoms with Gasteiger partial charge in [-0.2, -0.15) is 0 Å². The van der Waals surface area contributed by atoms with Crippen LogP contribution in [-0.2, 0) is 0 Å². The molecule has 19 heavy (non-hydrogen) atoms. The Morgan fingerprint density at radius 1 is 1.21 bits per heavy atom. The van der Waals surface area contributed by atoms with Gasteiger partial charge in [-0.3, -0.25) is 4.98 Å². The Kier molecular flexibility index (Phi) is 4.78. The number of pyridine rings is 1. The third-order valence-corrected chi connectivity index (χ3v) is 2.91. The van der Waals surface area contributed by atoms with Gasteiger partial charge in [0.1, 0.15) is 5.75 Å². The first-order chi connectivity index (χ1) is 9.31. The number of rotatable bonds is 6. The first kappa shape index (κ1) is 13.4. The van der Waals surface area contributed by atoms with E-state index in [9.17, 15) is 0 Å².